The van der Waals surface area contributed by atoms with E-state index in [1.165, 1.54) is 32.1 Å². The fourth-order valence-electron chi connectivity index (χ4n) is 6.93. The summed E-state index contributed by atoms with van der Waals surface area (Å²) in [5.74, 6) is 1.77. The maximum Gasteiger partial charge on any atom is 0.220 e. The van der Waals surface area contributed by atoms with E-state index in [2.05, 4.69) is 29.0 Å². The number of amides is 1. The molecule has 6 rings (SSSR count). The Morgan fingerprint density at radius 1 is 0.978 bits per heavy atom. The van der Waals surface area contributed by atoms with Gasteiger partial charge in [-0.1, -0.05) is 19.3 Å². The third-order valence-corrected chi connectivity index (χ3v) is 9.41. The van der Waals surface area contributed by atoms with Gasteiger partial charge in [0.2, 0.25) is 11.3 Å². The number of aromatic nitrogens is 1. The average Bonchev–Trinajstić information content (AvgIpc) is 3.53. The largest absolute Gasteiger partial charge is 0.490 e. The summed E-state index contributed by atoms with van der Waals surface area (Å²) in [4.78, 5) is 32.9. The molecule has 45 heavy (non-hydrogen) atoms. The number of nitrogens with one attached hydrogen (secondary N) is 1. The first kappa shape index (κ1) is 31.1. The number of carbonyl (C=O) groups excluding carboxylic acids is 1. The van der Waals surface area contributed by atoms with Crippen molar-refractivity contribution in [3.05, 3.63) is 70.1 Å². The average molecular weight is 612 g/mol. The number of ether oxygens (including phenoxy) is 2. The Labute approximate surface area is 265 Å². The van der Waals surface area contributed by atoms with E-state index in [9.17, 15) is 9.59 Å². The second-order valence-corrected chi connectivity index (χ2v) is 12.9. The van der Waals surface area contributed by atoms with E-state index in [0.29, 0.717) is 76.8 Å². The van der Waals surface area contributed by atoms with Crippen molar-refractivity contribution in [1.29, 1.82) is 0 Å². The number of aryl methyl sites for hydroxylation is 2. The SMILES string of the molecule is Cc1cc(OCCCN2[C@H](C)CCC[C@@H]2C)c2oc3cc(Oc4ccc(CCC(=O)NC5CCCC5)nc4)ccc3c(=O)c2c1. The van der Waals surface area contributed by atoms with Crippen molar-refractivity contribution in [2.24, 2.45) is 0 Å². The first-order valence-corrected chi connectivity index (χ1v) is 16.7. The van der Waals surface area contributed by atoms with Crippen LogP contribution in [0.15, 0.2) is 57.9 Å². The standard InChI is InChI=1S/C37H45N3O5/c1-24-20-32-36(42)31-16-15-29(44-30-14-12-27(38-23-30)13-17-35(41)39-28-10-4-5-11-28)22-33(31)45-37(32)34(21-24)43-19-7-18-40-25(2)8-6-9-26(40)3/h12,14-16,20-23,25-26,28H,4-11,13,17-19H2,1-3H3,(H,39,41)/t25-,26+. The number of benzene rings is 2. The highest BCUT2D eigenvalue weighted by molar-refractivity contribution is 5.93. The second-order valence-electron chi connectivity index (χ2n) is 12.9. The molecule has 0 bridgehead atoms. The number of rotatable bonds is 11. The Hall–Kier alpha value is -3.91. The summed E-state index contributed by atoms with van der Waals surface area (Å²) in [6.07, 6.45) is 11.9. The third kappa shape index (κ3) is 7.50. The lowest BCUT2D eigenvalue weighted by Crippen LogP contribution is -2.44. The quantitative estimate of drug-likeness (QED) is 0.139. The van der Waals surface area contributed by atoms with E-state index in [4.69, 9.17) is 13.9 Å². The molecule has 1 saturated carbocycles. The maximum atomic E-state index is 13.5. The van der Waals surface area contributed by atoms with Crippen molar-refractivity contribution < 1.29 is 18.7 Å². The minimum Gasteiger partial charge on any atom is -0.490 e. The molecule has 8 nitrogen and oxygen atoms in total. The summed E-state index contributed by atoms with van der Waals surface area (Å²) in [5.41, 5.74) is 2.59. The smallest absolute Gasteiger partial charge is 0.220 e. The molecule has 1 aliphatic heterocycles. The Kier molecular flexibility index (Phi) is 9.69. The van der Waals surface area contributed by atoms with Gasteiger partial charge in [0.25, 0.3) is 0 Å². The second kappa shape index (κ2) is 14.0. The number of nitrogens with zero attached hydrogens (tertiary/aromatic N) is 2. The van der Waals surface area contributed by atoms with Gasteiger partial charge in [0.05, 0.1) is 23.6 Å². The zero-order valence-electron chi connectivity index (χ0n) is 26.8. The molecule has 2 aromatic carbocycles. The van der Waals surface area contributed by atoms with Gasteiger partial charge in [-0.15, -0.1) is 0 Å². The Morgan fingerprint density at radius 3 is 2.51 bits per heavy atom. The van der Waals surface area contributed by atoms with Gasteiger partial charge in [0, 0.05) is 42.9 Å². The molecule has 1 amide bonds. The molecule has 0 radical (unpaired) electrons. The van der Waals surface area contributed by atoms with E-state index >= 15 is 0 Å². The molecule has 238 valence electrons. The first-order valence-electron chi connectivity index (χ1n) is 16.7. The van der Waals surface area contributed by atoms with E-state index in [-0.39, 0.29) is 11.3 Å². The van der Waals surface area contributed by atoms with Crippen LogP contribution in [0.4, 0.5) is 0 Å². The van der Waals surface area contributed by atoms with E-state index < -0.39 is 0 Å². The predicted molar refractivity (Wildman–Crippen MR) is 177 cm³/mol. The van der Waals surface area contributed by atoms with Crippen LogP contribution in [-0.2, 0) is 11.2 Å². The molecule has 2 fully saturated rings. The molecule has 2 atom stereocenters. The summed E-state index contributed by atoms with van der Waals surface area (Å²) < 4.78 is 18.6. The molecule has 0 unspecified atom stereocenters. The Morgan fingerprint density at radius 2 is 1.76 bits per heavy atom. The molecular weight excluding hydrogens is 566 g/mol. The zero-order chi connectivity index (χ0) is 31.3. The van der Waals surface area contributed by atoms with Crippen molar-refractivity contribution in [3.8, 4) is 17.2 Å². The van der Waals surface area contributed by atoms with Gasteiger partial charge in [0.1, 0.15) is 17.1 Å². The lowest BCUT2D eigenvalue weighted by Gasteiger charge is -2.39. The maximum absolute atomic E-state index is 13.5. The number of hydrogen-bond acceptors (Lipinski definition) is 7. The van der Waals surface area contributed by atoms with Crippen molar-refractivity contribution in [1.82, 2.24) is 15.2 Å². The predicted octanol–water partition coefficient (Wildman–Crippen LogP) is 7.47. The Balaban J connectivity index is 1.12. The van der Waals surface area contributed by atoms with Gasteiger partial charge < -0.3 is 19.2 Å². The third-order valence-electron chi connectivity index (χ3n) is 9.41. The van der Waals surface area contributed by atoms with Crippen LogP contribution in [0.1, 0.15) is 82.9 Å². The van der Waals surface area contributed by atoms with Crippen molar-refractivity contribution in [2.45, 2.75) is 103 Å². The van der Waals surface area contributed by atoms with Gasteiger partial charge in [-0.3, -0.25) is 19.5 Å². The highest BCUT2D eigenvalue weighted by atomic mass is 16.5. The van der Waals surface area contributed by atoms with Crippen LogP contribution in [0.2, 0.25) is 0 Å². The van der Waals surface area contributed by atoms with Crippen molar-refractivity contribution in [3.63, 3.8) is 0 Å². The molecule has 4 aromatic rings. The summed E-state index contributed by atoms with van der Waals surface area (Å²) in [7, 11) is 0. The minimum absolute atomic E-state index is 0.0830. The Bertz CT molecular complexity index is 1680. The highest BCUT2D eigenvalue weighted by Crippen LogP contribution is 2.32. The van der Waals surface area contributed by atoms with Crippen LogP contribution in [0.5, 0.6) is 17.2 Å². The van der Waals surface area contributed by atoms with Crippen molar-refractivity contribution in [2.75, 3.05) is 13.2 Å². The lowest BCUT2D eigenvalue weighted by molar-refractivity contribution is -0.121. The van der Waals surface area contributed by atoms with Crippen LogP contribution in [0.25, 0.3) is 21.9 Å². The van der Waals surface area contributed by atoms with Gasteiger partial charge in [-0.2, -0.15) is 0 Å². The summed E-state index contributed by atoms with van der Waals surface area (Å²) >= 11 is 0. The van der Waals surface area contributed by atoms with Gasteiger partial charge in [0.15, 0.2) is 11.3 Å². The van der Waals surface area contributed by atoms with Gasteiger partial charge in [-0.05, 0) is 101 Å². The number of fused-ring (bicyclic) bond motifs is 2. The van der Waals surface area contributed by atoms with E-state index in [1.807, 2.05) is 31.2 Å². The molecule has 2 aliphatic rings. The first-order chi connectivity index (χ1) is 21.8. The number of hydrogen-bond donors (Lipinski definition) is 1. The van der Waals surface area contributed by atoms with Gasteiger partial charge >= 0.3 is 0 Å². The number of pyridine rings is 1. The monoisotopic (exact) mass is 611 g/mol. The molecule has 1 aliphatic carbocycles. The fraction of sp³-hybridized carbons (Fsp3) is 0.486. The number of piperidine rings is 1. The lowest BCUT2D eigenvalue weighted by atomic mass is 9.97. The molecule has 8 heteroatoms. The normalized spacial score (nSPS) is 19.3. The number of carbonyl (C=O) groups is 1. The minimum atomic E-state index is -0.0923. The van der Waals surface area contributed by atoms with E-state index in [0.717, 1.165) is 37.1 Å². The van der Waals surface area contributed by atoms with Gasteiger partial charge in [-0.25, -0.2) is 0 Å². The summed E-state index contributed by atoms with van der Waals surface area (Å²) in [6.45, 7) is 8.13. The fourth-order valence-corrected chi connectivity index (χ4v) is 6.93. The molecular formula is C37H45N3O5. The molecule has 0 spiro atoms. The molecule has 1 saturated heterocycles. The van der Waals surface area contributed by atoms with Crippen LogP contribution < -0.4 is 20.2 Å². The molecule has 1 N–H and O–H groups in total. The zero-order valence-corrected chi connectivity index (χ0v) is 26.8. The molecule has 3 heterocycles. The molecule has 2 aromatic heterocycles. The van der Waals surface area contributed by atoms with E-state index in [1.54, 1.807) is 24.4 Å². The topological polar surface area (TPSA) is 93.9 Å². The van der Waals surface area contributed by atoms with Crippen LogP contribution in [-0.4, -0.2) is 47.1 Å². The van der Waals surface area contributed by atoms with Crippen LogP contribution >= 0.6 is 0 Å². The van der Waals surface area contributed by atoms with Crippen LogP contribution in [0.3, 0.4) is 0 Å². The summed E-state index contributed by atoms with van der Waals surface area (Å²) in [5, 5.41) is 4.13. The number of likely N-dealkylation sites (tertiary alicyclic amines) is 1. The van der Waals surface area contributed by atoms with Crippen molar-refractivity contribution >= 4 is 27.8 Å². The van der Waals surface area contributed by atoms with Crippen LogP contribution in [0, 0.1) is 6.92 Å². The highest BCUT2D eigenvalue weighted by Gasteiger charge is 2.24. The summed E-state index contributed by atoms with van der Waals surface area (Å²) in [6, 6.07) is 14.3.